The van der Waals surface area contributed by atoms with E-state index in [1.54, 1.807) is 25.1 Å². The van der Waals surface area contributed by atoms with E-state index in [0.29, 0.717) is 18.9 Å². The molecule has 3 unspecified atom stereocenters. The lowest BCUT2D eigenvalue weighted by Crippen LogP contribution is -2.50. The van der Waals surface area contributed by atoms with Gasteiger partial charge in [0.2, 0.25) is 0 Å². The predicted molar refractivity (Wildman–Crippen MR) is 163 cm³/mol. The summed E-state index contributed by atoms with van der Waals surface area (Å²) in [5, 5.41) is 33.7. The average Bonchev–Trinajstić information content (AvgIpc) is 2.91. The molecule has 0 heterocycles. The lowest BCUT2D eigenvalue weighted by Gasteiger charge is -2.47. The molecule has 0 fully saturated rings. The van der Waals surface area contributed by atoms with Gasteiger partial charge in [-0.05, 0) is 99.1 Å². The van der Waals surface area contributed by atoms with Crippen molar-refractivity contribution in [1.82, 2.24) is 9.80 Å². The summed E-state index contributed by atoms with van der Waals surface area (Å²) in [5.41, 5.74) is 9.91. The van der Waals surface area contributed by atoms with Gasteiger partial charge >= 0.3 is 0 Å². The van der Waals surface area contributed by atoms with Crippen LogP contribution in [-0.2, 0) is 17.8 Å². The molecule has 5 N–H and O–H groups in total. The fraction of sp³-hybridized carbons (Fsp3) is 0.412. The quantitative estimate of drug-likeness (QED) is 0.373. The van der Waals surface area contributed by atoms with Gasteiger partial charge in [-0.15, -0.1) is 0 Å². The van der Waals surface area contributed by atoms with Gasteiger partial charge in [0.05, 0.1) is 17.2 Å². The molecule has 0 radical (unpaired) electrons. The SMILES string of the molecule is C=C1C(C(N)=O)=C(O)[C@@H](N(C)C)C2CC3Cc4c(-c5cccc(CN(CC)C(C)C)c5)ccc(O)c4C(=O)C3=C(O)C12. The van der Waals surface area contributed by atoms with Crippen molar-refractivity contribution >= 4 is 11.7 Å². The summed E-state index contributed by atoms with van der Waals surface area (Å²) in [6.45, 7) is 12.3. The largest absolute Gasteiger partial charge is 0.511 e. The Hall–Kier alpha value is -3.88. The van der Waals surface area contributed by atoms with Gasteiger partial charge in [0.25, 0.3) is 5.91 Å². The number of allylic oxidation sites excluding steroid dienone is 2. The van der Waals surface area contributed by atoms with Crippen LogP contribution in [0.15, 0.2) is 71.2 Å². The molecular weight excluding hydrogens is 530 g/mol. The summed E-state index contributed by atoms with van der Waals surface area (Å²) >= 11 is 0. The molecule has 1 amide bonds. The third-order valence-corrected chi connectivity index (χ3v) is 9.38. The normalized spacial score (nSPS) is 23.9. The number of aliphatic hydroxyl groups excluding tert-OH is 2. The maximum absolute atomic E-state index is 14.1. The second-order valence-electron chi connectivity index (χ2n) is 12.3. The van der Waals surface area contributed by atoms with E-state index in [-0.39, 0.29) is 51.4 Å². The fourth-order valence-corrected chi connectivity index (χ4v) is 7.45. The number of aliphatic hydroxyl groups is 2. The molecule has 5 rings (SSSR count). The zero-order valence-electron chi connectivity index (χ0n) is 25.0. The van der Waals surface area contributed by atoms with Gasteiger partial charge in [0.1, 0.15) is 17.3 Å². The number of ketones is 1. The van der Waals surface area contributed by atoms with E-state index in [1.165, 1.54) is 0 Å². The molecule has 0 spiro atoms. The Balaban J connectivity index is 1.61. The first-order valence-electron chi connectivity index (χ1n) is 14.6. The number of Topliss-reactive ketones (excluding diaryl/α,β-unsaturated/α-hetero) is 1. The number of amides is 1. The Morgan fingerprint density at radius 2 is 1.83 bits per heavy atom. The molecule has 2 aromatic carbocycles. The first kappa shape index (κ1) is 29.6. The number of carbonyl (C=O) groups excluding carboxylic acids is 2. The van der Waals surface area contributed by atoms with Crippen LogP contribution in [0.3, 0.4) is 0 Å². The molecule has 8 heteroatoms. The summed E-state index contributed by atoms with van der Waals surface area (Å²) < 4.78 is 0. The average molecular weight is 572 g/mol. The molecule has 0 saturated carbocycles. The molecule has 3 aliphatic carbocycles. The van der Waals surface area contributed by atoms with E-state index in [4.69, 9.17) is 5.73 Å². The molecule has 222 valence electrons. The van der Waals surface area contributed by atoms with Gasteiger partial charge in [-0.2, -0.15) is 0 Å². The first-order chi connectivity index (χ1) is 19.9. The molecule has 3 aliphatic rings. The van der Waals surface area contributed by atoms with E-state index < -0.39 is 23.7 Å². The number of nitrogens with two attached hydrogens (primary N) is 1. The van der Waals surface area contributed by atoms with Crippen molar-refractivity contribution in [3.63, 3.8) is 0 Å². The maximum atomic E-state index is 14.1. The number of nitrogens with zero attached hydrogens (tertiary/aromatic N) is 2. The van der Waals surface area contributed by atoms with Crippen molar-refractivity contribution < 1.29 is 24.9 Å². The van der Waals surface area contributed by atoms with Crippen molar-refractivity contribution in [1.29, 1.82) is 0 Å². The molecule has 2 aromatic rings. The van der Waals surface area contributed by atoms with Crippen LogP contribution in [0, 0.1) is 17.8 Å². The van der Waals surface area contributed by atoms with Crippen LogP contribution in [0.5, 0.6) is 5.75 Å². The van der Waals surface area contributed by atoms with E-state index in [2.05, 4.69) is 44.4 Å². The highest BCUT2D eigenvalue weighted by Gasteiger charge is 2.52. The zero-order chi connectivity index (χ0) is 30.6. The second-order valence-corrected chi connectivity index (χ2v) is 12.3. The van der Waals surface area contributed by atoms with Gasteiger partial charge in [-0.3, -0.25) is 19.4 Å². The molecule has 42 heavy (non-hydrogen) atoms. The number of likely N-dealkylation sites (N-methyl/N-ethyl adjacent to an activating group) is 1. The van der Waals surface area contributed by atoms with Crippen molar-refractivity contribution in [2.75, 3.05) is 20.6 Å². The number of benzene rings is 2. The lowest BCUT2D eigenvalue weighted by atomic mass is 9.60. The smallest absolute Gasteiger partial charge is 0.252 e. The minimum Gasteiger partial charge on any atom is -0.511 e. The number of primary amides is 1. The number of aromatic hydroxyl groups is 1. The third-order valence-electron chi connectivity index (χ3n) is 9.38. The Kier molecular flexibility index (Phi) is 7.81. The third kappa shape index (κ3) is 4.72. The van der Waals surface area contributed by atoms with Gasteiger partial charge in [0.15, 0.2) is 5.78 Å². The van der Waals surface area contributed by atoms with Crippen LogP contribution in [0.4, 0.5) is 0 Å². The summed E-state index contributed by atoms with van der Waals surface area (Å²) in [4.78, 5) is 30.6. The van der Waals surface area contributed by atoms with Crippen LogP contribution in [0.25, 0.3) is 11.1 Å². The fourth-order valence-electron chi connectivity index (χ4n) is 7.45. The molecule has 8 nitrogen and oxygen atoms in total. The highest BCUT2D eigenvalue weighted by Crippen LogP contribution is 2.53. The first-order valence-corrected chi connectivity index (χ1v) is 14.6. The van der Waals surface area contributed by atoms with Crippen LogP contribution in [-0.4, -0.2) is 69.5 Å². The highest BCUT2D eigenvalue weighted by molar-refractivity contribution is 6.14. The molecule has 0 aliphatic heterocycles. The van der Waals surface area contributed by atoms with E-state index in [0.717, 1.165) is 35.3 Å². The number of phenolic OH excluding ortho intramolecular Hbond substituents is 1. The number of phenols is 1. The molecule has 0 aromatic heterocycles. The highest BCUT2D eigenvalue weighted by atomic mass is 16.3. The summed E-state index contributed by atoms with van der Waals surface area (Å²) in [6.07, 6.45) is 0.909. The number of carbonyl (C=O) groups is 2. The molecular formula is C34H41N3O5. The second kappa shape index (κ2) is 11.1. The standard InChI is InChI=1S/C34H41N3O5/c1-7-37(17(2)3)16-19-9-8-10-20(13-19)22-11-12-25(38)29-23(22)14-21-15-24-26(31(39)28(21)32(29)40)18(4)27(34(35)42)33(41)30(24)36(5)6/h8-13,17,21,24,26,30,38-39,41H,4,7,14-16H2,1-3,5-6H3,(H2,35,42)/t21?,24?,26?,30-/m0/s1. The maximum Gasteiger partial charge on any atom is 0.252 e. The Morgan fingerprint density at radius 1 is 1.12 bits per heavy atom. The van der Waals surface area contributed by atoms with E-state index in [1.807, 2.05) is 18.2 Å². The van der Waals surface area contributed by atoms with Gasteiger partial charge in [0, 0.05) is 24.1 Å². The van der Waals surface area contributed by atoms with Crippen molar-refractivity contribution in [3.05, 3.63) is 87.9 Å². The molecule has 4 atom stereocenters. The molecule has 0 saturated heterocycles. The lowest BCUT2D eigenvalue weighted by molar-refractivity contribution is -0.114. The number of hydrogen-bond donors (Lipinski definition) is 4. The van der Waals surface area contributed by atoms with Crippen molar-refractivity contribution in [2.24, 2.45) is 23.5 Å². The van der Waals surface area contributed by atoms with Crippen LogP contribution in [0.1, 0.15) is 48.7 Å². The van der Waals surface area contributed by atoms with Gasteiger partial charge in [-0.1, -0.05) is 37.8 Å². The van der Waals surface area contributed by atoms with Crippen molar-refractivity contribution in [2.45, 2.75) is 52.2 Å². The Labute approximate surface area is 247 Å². The predicted octanol–water partition coefficient (Wildman–Crippen LogP) is 4.89. The van der Waals surface area contributed by atoms with Gasteiger partial charge < -0.3 is 21.1 Å². The van der Waals surface area contributed by atoms with E-state index >= 15 is 0 Å². The van der Waals surface area contributed by atoms with Crippen molar-refractivity contribution in [3.8, 4) is 16.9 Å². The minimum absolute atomic E-state index is 0.103. The monoisotopic (exact) mass is 571 g/mol. The number of rotatable bonds is 7. The van der Waals surface area contributed by atoms with Crippen LogP contribution < -0.4 is 5.73 Å². The topological polar surface area (TPSA) is 127 Å². The Morgan fingerprint density at radius 3 is 2.45 bits per heavy atom. The van der Waals surface area contributed by atoms with Gasteiger partial charge in [-0.25, -0.2) is 0 Å². The van der Waals surface area contributed by atoms with E-state index in [9.17, 15) is 24.9 Å². The van der Waals surface area contributed by atoms with Crippen LogP contribution in [0.2, 0.25) is 0 Å². The summed E-state index contributed by atoms with van der Waals surface area (Å²) in [7, 11) is 3.59. The zero-order valence-corrected chi connectivity index (χ0v) is 25.0. The number of fused-ring (bicyclic) bond motifs is 3. The van der Waals surface area contributed by atoms with Crippen LogP contribution >= 0.6 is 0 Å². The summed E-state index contributed by atoms with van der Waals surface area (Å²) in [5.74, 6) is -3.12. The summed E-state index contributed by atoms with van der Waals surface area (Å²) in [6, 6.07) is 11.5. The minimum atomic E-state index is -0.831. The Bertz CT molecular complexity index is 1540. The molecule has 0 bridgehead atoms. The number of hydrogen-bond acceptors (Lipinski definition) is 7.